The summed E-state index contributed by atoms with van der Waals surface area (Å²) in [7, 11) is 0. The van der Waals surface area contributed by atoms with Gasteiger partial charge in [0, 0.05) is 12.1 Å². The Hall–Kier alpha value is -0.240. The zero-order chi connectivity index (χ0) is 14.0. The van der Waals surface area contributed by atoms with Crippen molar-refractivity contribution in [3.05, 3.63) is 33.8 Å². The molecule has 0 heterocycles. The molecule has 1 aliphatic carbocycles. The second kappa shape index (κ2) is 6.03. The minimum absolute atomic E-state index is 0.358. The molecule has 1 N–H and O–H groups in total. The van der Waals surface area contributed by atoms with E-state index in [0.717, 1.165) is 6.42 Å². The Bertz CT molecular complexity index is 442. The van der Waals surface area contributed by atoms with Gasteiger partial charge in [-0.2, -0.15) is 0 Å². The fourth-order valence-electron chi connectivity index (χ4n) is 3.06. The monoisotopic (exact) mass is 299 g/mol. The first-order chi connectivity index (χ1) is 8.94. The van der Waals surface area contributed by atoms with Gasteiger partial charge in [-0.3, -0.25) is 0 Å². The van der Waals surface area contributed by atoms with Gasteiger partial charge < -0.3 is 5.32 Å². The van der Waals surface area contributed by atoms with Gasteiger partial charge in [-0.15, -0.1) is 0 Å². The largest absolute Gasteiger partial charge is 0.307 e. The van der Waals surface area contributed by atoms with E-state index in [1.807, 2.05) is 12.1 Å². The standard InChI is InChI=1S/C16H23Cl2N/c1-4-14(11-7-8-12(17)13(18)10-11)19-15-6-5-9-16(15,2)3/h7-8,10,14-15,19H,4-6,9H2,1-3H3. The van der Waals surface area contributed by atoms with Crippen LogP contribution >= 0.6 is 23.2 Å². The van der Waals surface area contributed by atoms with E-state index in [4.69, 9.17) is 23.2 Å². The molecule has 2 rings (SSSR count). The average Bonchev–Trinajstić information content (AvgIpc) is 2.69. The van der Waals surface area contributed by atoms with Gasteiger partial charge in [0.2, 0.25) is 0 Å². The Morgan fingerprint density at radius 2 is 2.05 bits per heavy atom. The van der Waals surface area contributed by atoms with Crippen LogP contribution in [0, 0.1) is 5.41 Å². The van der Waals surface area contributed by atoms with Crippen LogP contribution in [0.2, 0.25) is 10.0 Å². The number of rotatable bonds is 4. The van der Waals surface area contributed by atoms with Crippen LogP contribution in [-0.2, 0) is 0 Å². The Morgan fingerprint density at radius 3 is 2.58 bits per heavy atom. The Balaban J connectivity index is 2.14. The van der Waals surface area contributed by atoms with Gasteiger partial charge in [0.25, 0.3) is 0 Å². The topological polar surface area (TPSA) is 12.0 Å². The fourth-order valence-corrected chi connectivity index (χ4v) is 3.36. The summed E-state index contributed by atoms with van der Waals surface area (Å²) < 4.78 is 0. The number of hydrogen-bond donors (Lipinski definition) is 1. The van der Waals surface area contributed by atoms with Crippen molar-refractivity contribution >= 4 is 23.2 Å². The molecule has 0 radical (unpaired) electrons. The highest BCUT2D eigenvalue weighted by Crippen LogP contribution is 2.39. The van der Waals surface area contributed by atoms with E-state index in [0.29, 0.717) is 27.5 Å². The summed E-state index contributed by atoms with van der Waals surface area (Å²) in [6, 6.07) is 6.91. The third kappa shape index (κ3) is 3.45. The quantitative estimate of drug-likeness (QED) is 0.761. The molecule has 0 spiro atoms. The number of halogens is 2. The van der Waals surface area contributed by atoms with E-state index in [2.05, 4.69) is 32.2 Å². The van der Waals surface area contributed by atoms with Crippen molar-refractivity contribution in [2.24, 2.45) is 5.41 Å². The Kier molecular flexibility index (Phi) is 4.81. The maximum atomic E-state index is 6.13. The SMILES string of the molecule is CCC(NC1CCCC1(C)C)c1ccc(Cl)c(Cl)c1. The van der Waals surface area contributed by atoms with Gasteiger partial charge in [-0.25, -0.2) is 0 Å². The van der Waals surface area contributed by atoms with Gasteiger partial charge in [0.1, 0.15) is 0 Å². The molecule has 19 heavy (non-hydrogen) atoms. The summed E-state index contributed by atoms with van der Waals surface area (Å²) in [4.78, 5) is 0. The van der Waals surface area contributed by atoms with Crippen LogP contribution in [-0.4, -0.2) is 6.04 Å². The molecule has 1 aliphatic rings. The summed E-state index contributed by atoms with van der Waals surface area (Å²) in [5, 5.41) is 5.09. The highest BCUT2D eigenvalue weighted by Gasteiger charge is 2.35. The molecule has 2 atom stereocenters. The van der Waals surface area contributed by atoms with Crippen LogP contribution in [0.15, 0.2) is 18.2 Å². The lowest BCUT2D eigenvalue weighted by Crippen LogP contribution is -2.39. The fraction of sp³-hybridized carbons (Fsp3) is 0.625. The molecule has 1 aromatic rings. The van der Waals surface area contributed by atoms with Crippen LogP contribution in [0.25, 0.3) is 0 Å². The molecule has 1 fully saturated rings. The first-order valence-corrected chi connectivity index (χ1v) is 7.90. The molecule has 1 saturated carbocycles. The molecule has 0 aromatic heterocycles. The van der Waals surface area contributed by atoms with Gasteiger partial charge >= 0.3 is 0 Å². The first-order valence-electron chi connectivity index (χ1n) is 7.15. The summed E-state index contributed by atoms with van der Waals surface area (Å²) in [6.45, 7) is 6.93. The minimum Gasteiger partial charge on any atom is -0.307 e. The van der Waals surface area contributed by atoms with Crippen molar-refractivity contribution in [3.8, 4) is 0 Å². The molecule has 106 valence electrons. The molecule has 0 saturated heterocycles. The smallest absolute Gasteiger partial charge is 0.0595 e. The van der Waals surface area contributed by atoms with Crippen molar-refractivity contribution in [1.29, 1.82) is 0 Å². The maximum Gasteiger partial charge on any atom is 0.0595 e. The van der Waals surface area contributed by atoms with Gasteiger partial charge in [0.15, 0.2) is 0 Å². The van der Waals surface area contributed by atoms with E-state index in [1.165, 1.54) is 24.8 Å². The second-order valence-electron chi connectivity index (χ2n) is 6.23. The van der Waals surface area contributed by atoms with Crippen LogP contribution in [0.1, 0.15) is 58.1 Å². The highest BCUT2D eigenvalue weighted by molar-refractivity contribution is 6.42. The lowest BCUT2D eigenvalue weighted by Gasteiger charge is -2.32. The molecular formula is C16H23Cl2N. The summed E-state index contributed by atoms with van der Waals surface area (Å²) in [6.07, 6.45) is 4.96. The first kappa shape index (κ1) is 15.2. The van der Waals surface area contributed by atoms with E-state index in [-0.39, 0.29) is 0 Å². The number of nitrogens with one attached hydrogen (secondary N) is 1. The number of benzene rings is 1. The van der Waals surface area contributed by atoms with E-state index in [9.17, 15) is 0 Å². The Labute approximate surface area is 126 Å². The lowest BCUT2D eigenvalue weighted by atomic mass is 9.86. The predicted molar refractivity (Wildman–Crippen MR) is 84.0 cm³/mol. The van der Waals surface area contributed by atoms with Crippen molar-refractivity contribution in [2.45, 2.75) is 58.5 Å². The molecule has 2 unspecified atom stereocenters. The van der Waals surface area contributed by atoms with Gasteiger partial charge in [-0.1, -0.05) is 56.5 Å². The third-order valence-electron chi connectivity index (χ3n) is 4.41. The molecule has 0 bridgehead atoms. The van der Waals surface area contributed by atoms with Crippen molar-refractivity contribution < 1.29 is 0 Å². The van der Waals surface area contributed by atoms with Crippen molar-refractivity contribution in [3.63, 3.8) is 0 Å². The molecule has 1 nitrogen and oxygen atoms in total. The summed E-state index contributed by atoms with van der Waals surface area (Å²) in [5.74, 6) is 0. The maximum absolute atomic E-state index is 6.13. The van der Waals surface area contributed by atoms with Crippen LogP contribution in [0.3, 0.4) is 0 Å². The molecule has 0 aliphatic heterocycles. The van der Waals surface area contributed by atoms with E-state index < -0.39 is 0 Å². The highest BCUT2D eigenvalue weighted by atomic mass is 35.5. The molecule has 3 heteroatoms. The van der Waals surface area contributed by atoms with E-state index >= 15 is 0 Å². The average molecular weight is 300 g/mol. The zero-order valence-corrected chi connectivity index (χ0v) is 13.5. The third-order valence-corrected chi connectivity index (χ3v) is 5.15. The van der Waals surface area contributed by atoms with Gasteiger partial charge in [0.05, 0.1) is 10.0 Å². The van der Waals surface area contributed by atoms with Crippen molar-refractivity contribution in [2.75, 3.05) is 0 Å². The minimum atomic E-state index is 0.358. The zero-order valence-electron chi connectivity index (χ0n) is 12.0. The second-order valence-corrected chi connectivity index (χ2v) is 7.05. The van der Waals surface area contributed by atoms with Crippen molar-refractivity contribution in [1.82, 2.24) is 5.32 Å². The molecule has 1 aromatic carbocycles. The summed E-state index contributed by atoms with van der Waals surface area (Å²) in [5.41, 5.74) is 1.63. The van der Waals surface area contributed by atoms with Crippen LogP contribution < -0.4 is 5.32 Å². The number of hydrogen-bond acceptors (Lipinski definition) is 1. The normalized spacial score (nSPS) is 23.5. The van der Waals surface area contributed by atoms with Crippen LogP contribution in [0.5, 0.6) is 0 Å². The molecular weight excluding hydrogens is 277 g/mol. The Morgan fingerprint density at radius 1 is 1.32 bits per heavy atom. The molecule has 0 amide bonds. The van der Waals surface area contributed by atoms with E-state index in [1.54, 1.807) is 0 Å². The van der Waals surface area contributed by atoms with Gasteiger partial charge in [-0.05, 0) is 42.4 Å². The van der Waals surface area contributed by atoms with Crippen LogP contribution in [0.4, 0.5) is 0 Å². The lowest BCUT2D eigenvalue weighted by molar-refractivity contribution is 0.259. The summed E-state index contributed by atoms with van der Waals surface area (Å²) >= 11 is 12.1. The predicted octanol–water partition coefficient (Wildman–Crippen LogP) is 5.61.